The Bertz CT molecular complexity index is 367. The van der Waals surface area contributed by atoms with Crippen molar-refractivity contribution in [2.75, 3.05) is 13.1 Å². The molecule has 2 amide bonds. The van der Waals surface area contributed by atoms with Crippen molar-refractivity contribution in [3.63, 3.8) is 0 Å². The molecule has 1 aliphatic carbocycles. The smallest absolute Gasteiger partial charge is 0.226 e. The molecule has 1 N–H and O–H groups in total. The summed E-state index contributed by atoms with van der Waals surface area (Å²) in [5.41, 5.74) is 0. The monoisotopic (exact) mass is 264 g/mol. The summed E-state index contributed by atoms with van der Waals surface area (Å²) in [5.74, 6) is 0.0254. The Hall–Kier alpha value is -1.32. The Morgan fingerprint density at radius 1 is 1.37 bits per heavy atom. The highest BCUT2D eigenvalue weighted by molar-refractivity contribution is 5.92. The maximum atomic E-state index is 12.4. The standard InChI is InChI=1S/C15H24N2O2/c1-3-8-16-14(18)12-10-13(12)15(19)17-9-6-5-7-11(17)4-2/h3,11-13H,1,4-10H2,2H3,(H,16,18). The van der Waals surface area contributed by atoms with Gasteiger partial charge in [-0.3, -0.25) is 9.59 Å². The third-order valence-corrected chi connectivity index (χ3v) is 4.25. The second-order valence-electron chi connectivity index (χ2n) is 5.57. The molecule has 4 nitrogen and oxygen atoms in total. The maximum Gasteiger partial charge on any atom is 0.226 e. The fourth-order valence-corrected chi connectivity index (χ4v) is 2.99. The summed E-state index contributed by atoms with van der Waals surface area (Å²) in [6.07, 6.45) is 6.83. The first-order valence-electron chi connectivity index (χ1n) is 7.38. The number of nitrogens with one attached hydrogen (secondary N) is 1. The third-order valence-electron chi connectivity index (χ3n) is 4.25. The number of amides is 2. The van der Waals surface area contributed by atoms with E-state index in [1.54, 1.807) is 6.08 Å². The average Bonchev–Trinajstić information content (AvgIpc) is 3.24. The molecule has 0 aromatic carbocycles. The molecule has 0 bridgehead atoms. The zero-order chi connectivity index (χ0) is 13.8. The molecule has 0 spiro atoms. The highest BCUT2D eigenvalue weighted by Gasteiger charge is 2.50. The minimum atomic E-state index is -0.105. The number of piperidine rings is 1. The van der Waals surface area contributed by atoms with Gasteiger partial charge in [0.15, 0.2) is 0 Å². The molecule has 1 saturated heterocycles. The van der Waals surface area contributed by atoms with Crippen LogP contribution in [-0.4, -0.2) is 35.8 Å². The van der Waals surface area contributed by atoms with Gasteiger partial charge in [0.25, 0.3) is 0 Å². The number of carbonyl (C=O) groups is 2. The predicted octanol–water partition coefficient (Wildman–Crippen LogP) is 1.72. The van der Waals surface area contributed by atoms with E-state index in [4.69, 9.17) is 0 Å². The van der Waals surface area contributed by atoms with E-state index in [9.17, 15) is 9.59 Å². The van der Waals surface area contributed by atoms with Gasteiger partial charge in [0.1, 0.15) is 0 Å². The van der Waals surface area contributed by atoms with Gasteiger partial charge in [-0.05, 0) is 32.1 Å². The van der Waals surface area contributed by atoms with Gasteiger partial charge in [0.05, 0.1) is 11.8 Å². The molecule has 0 aromatic rings. The maximum absolute atomic E-state index is 12.4. The van der Waals surface area contributed by atoms with Crippen LogP contribution in [0.15, 0.2) is 12.7 Å². The van der Waals surface area contributed by atoms with Gasteiger partial charge >= 0.3 is 0 Å². The molecule has 0 radical (unpaired) electrons. The molecule has 1 heterocycles. The van der Waals surface area contributed by atoms with Crippen LogP contribution in [0.4, 0.5) is 0 Å². The van der Waals surface area contributed by atoms with Crippen molar-refractivity contribution >= 4 is 11.8 Å². The van der Waals surface area contributed by atoms with E-state index in [1.165, 1.54) is 6.42 Å². The van der Waals surface area contributed by atoms with E-state index < -0.39 is 0 Å². The Labute approximate surface area is 115 Å². The molecule has 0 aromatic heterocycles. The summed E-state index contributed by atoms with van der Waals surface area (Å²) >= 11 is 0. The normalized spacial score (nSPS) is 29.7. The van der Waals surface area contributed by atoms with Gasteiger partial charge in [-0.25, -0.2) is 0 Å². The molecule has 3 atom stereocenters. The molecule has 2 fully saturated rings. The van der Waals surface area contributed by atoms with Crippen molar-refractivity contribution < 1.29 is 9.59 Å². The molecular formula is C15H24N2O2. The number of hydrogen-bond donors (Lipinski definition) is 1. The lowest BCUT2D eigenvalue weighted by Gasteiger charge is -2.35. The number of nitrogens with zero attached hydrogens (tertiary/aromatic N) is 1. The van der Waals surface area contributed by atoms with Crippen LogP contribution in [0.5, 0.6) is 0 Å². The third kappa shape index (κ3) is 3.17. The molecule has 19 heavy (non-hydrogen) atoms. The molecule has 2 aliphatic rings. The summed E-state index contributed by atoms with van der Waals surface area (Å²) in [7, 11) is 0. The van der Waals surface area contributed by atoms with Gasteiger partial charge < -0.3 is 10.2 Å². The Balaban J connectivity index is 1.87. The number of likely N-dealkylation sites (tertiary alicyclic amines) is 1. The van der Waals surface area contributed by atoms with Crippen LogP contribution in [0.2, 0.25) is 0 Å². The first-order valence-corrected chi connectivity index (χ1v) is 7.38. The van der Waals surface area contributed by atoms with Gasteiger partial charge in [0.2, 0.25) is 11.8 Å². The largest absolute Gasteiger partial charge is 0.352 e. The van der Waals surface area contributed by atoms with Crippen LogP contribution in [0, 0.1) is 11.8 Å². The first-order chi connectivity index (χ1) is 9.19. The molecular weight excluding hydrogens is 240 g/mol. The zero-order valence-electron chi connectivity index (χ0n) is 11.7. The summed E-state index contributed by atoms with van der Waals surface area (Å²) in [6.45, 7) is 7.06. The summed E-state index contributed by atoms with van der Waals surface area (Å²) in [5, 5.41) is 2.78. The Kier molecular flexibility index (Phi) is 4.61. The Morgan fingerprint density at radius 3 is 2.84 bits per heavy atom. The van der Waals surface area contributed by atoms with E-state index in [1.807, 2.05) is 4.90 Å². The lowest BCUT2D eigenvalue weighted by atomic mass is 9.99. The van der Waals surface area contributed by atoms with Crippen molar-refractivity contribution in [1.82, 2.24) is 10.2 Å². The molecule has 106 valence electrons. The number of hydrogen-bond acceptors (Lipinski definition) is 2. The van der Waals surface area contributed by atoms with Crippen LogP contribution in [0.25, 0.3) is 0 Å². The van der Waals surface area contributed by atoms with Crippen LogP contribution < -0.4 is 5.32 Å². The summed E-state index contributed by atoms with van der Waals surface area (Å²) in [6, 6.07) is 0.388. The van der Waals surface area contributed by atoms with Crippen molar-refractivity contribution in [2.24, 2.45) is 11.8 Å². The van der Waals surface area contributed by atoms with Gasteiger partial charge in [-0.2, -0.15) is 0 Å². The van der Waals surface area contributed by atoms with Crippen molar-refractivity contribution in [2.45, 2.75) is 45.1 Å². The van der Waals surface area contributed by atoms with Gasteiger partial charge in [-0.15, -0.1) is 6.58 Å². The topological polar surface area (TPSA) is 49.4 Å². The van der Waals surface area contributed by atoms with E-state index in [2.05, 4.69) is 18.8 Å². The Morgan fingerprint density at radius 2 is 2.16 bits per heavy atom. The summed E-state index contributed by atoms with van der Waals surface area (Å²) < 4.78 is 0. The number of carbonyl (C=O) groups excluding carboxylic acids is 2. The molecule has 1 aliphatic heterocycles. The van der Waals surface area contributed by atoms with Crippen LogP contribution in [0.3, 0.4) is 0 Å². The fraction of sp³-hybridized carbons (Fsp3) is 0.733. The highest BCUT2D eigenvalue weighted by atomic mass is 16.2. The molecule has 3 unspecified atom stereocenters. The average molecular weight is 264 g/mol. The van der Waals surface area contributed by atoms with E-state index in [-0.39, 0.29) is 23.7 Å². The lowest BCUT2D eigenvalue weighted by Crippen LogP contribution is -2.44. The zero-order valence-corrected chi connectivity index (χ0v) is 11.7. The minimum Gasteiger partial charge on any atom is -0.352 e. The number of rotatable bonds is 5. The van der Waals surface area contributed by atoms with Crippen LogP contribution >= 0.6 is 0 Å². The van der Waals surface area contributed by atoms with Crippen LogP contribution in [0.1, 0.15) is 39.0 Å². The second-order valence-corrected chi connectivity index (χ2v) is 5.57. The molecule has 1 saturated carbocycles. The van der Waals surface area contributed by atoms with Crippen molar-refractivity contribution in [3.8, 4) is 0 Å². The summed E-state index contributed by atoms with van der Waals surface area (Å²) in [4.78, 5) is 26.3. The van der Waals surface area contributed by atoms with E-state index in [0.29, 0.717) is 12.6 Å². The minimum absolute atomic E-state index is 0.00306. The predicted molar refractivity (Wildman–Crippen MR) is 74.4 cm³/mol. The second kappa shape index (κ2) is 6.22. The van der Waals surface area contributed by atoms with Gasteiger partial charge in [0, 0.05) is 19.1 Å². The van der Waals surface area contributed by atoms with E-state index in [0.717, 1.165) is 32.2 Å². The lowest BCUT2D eigenvalue weighted by molar-refractivity contribution is -0.138. The molecule has 2 rings (SSSR count). The van der Waals surface area contributed by atoms with Crippen molar-refractivity contribution in [1.29, 1.82) is 0 Å². The van der Waals surface area contributed by atoms with E-state index >= 15 is 0 Å². The first kappa shape index (κ1) is 14.1. The van der Waals surface area contributed by atoms with Crippen molar-refractivity contribution in [3.05, 3.63) is 12.7 Å². The quantitative estimate of drug-likeness (QED) is 0.769. The SMILES string of the molecule is C=CCNC(=O)C1CC1C(=O)N1CCCCC1CC. The van der Waals surface area contributed by atoms with Crippen LogP contribution in [-0.2, 0) is 9.59 Å². The molecule has 4 heteroatoms. The highest BCUT2D eigenvalue weighted by Crippen LogP contribution is 2.41. The fourth-order valence-electron chi connectivity index (χ4n) is 2.99. The van der Waals surface area contributed by atoms with Gasteiger partial charge in [-0.1, -0.05) is 13.0 Å².